The quantitative estimate of drug-likeness (QED) is 0.0939. The monoisotopic (exact) mass is 906 g/mol. The highest BCUT2D eigenvalue weighted by atomic mass is 16.5. The van der Waals surface area contributed by atoms with E-state index >= 15 is 0 Å². The molecule has 0 bridgehead atoms. The molecule has 0 amide bonds. The Balaban J connectivity index is 1.22. The van der Waals surface area contributed by atoms with Gasteiger partial charge in [-0.05, 0) is 154 Å². The van der Waals surface area contributed by atoms with E-state index in [1.165, 1.54) is 16.7 Å². The van der Waals surface area contributed by atoms with Gasteiger partial charge in [0.1, 0.15) is 18.0 Å². The summed E-state index contributed by atoms with van der Waals surface area (Å²) < 4.78 is 13.0. The van der Waals surface area contributed by atoms with E-state index in [0.29, 0.717) is 23.7 Å². The minimum atomic E-state index is -1.03. The third kappa shape index (κ3) is 11.4. The molecule has 1 aliphatic rings. The van der Waals surface area contributed by atoms with Crippen molar-refractivity contribution in [1.29, 1.82) is 0 Å². The first-order valence-corrected chi connectivity index (χ1v) is 23.8. The van der Waals surface area contributed by atoms with Crippen molar-refractivity contribution in [3.05, 3.63) is 189 Å². The van der Waals surface area contributed by atoms with Crippen molar-refractivity contribution >= 4 is 18.0 Å². The molecule has 6 nitrogen and oxygen atoms in total. The number of aryl methyl sites for hydroxylation is 2. The van der Waals surface area contributed by atoms with Gasteiger partial charge < -0.3 is 19.7 Å². The SMILES string of the molecule is Cc1ccc(-c2cc(C(/C=C/c3ccc(C(=O)O)cc3)OC(=O)c3ccc(C#CC(O)c4cc(-c5ccc(C)cc5)c5c(c4)C(C)(C)CCC5(C)C)cc3)cc(C(C)(C)C)c2OCC(C)C)cc1. The molecular weight excluding hydrogens is 841 g/mol. The van der Waals surface area contributed by atoms with Crippen molar-refractivity contribution in [2.75, 3.05) is 6.61 Å². The van der Waals surface area contributed by atoms with E-state index in [1.54, 1.807) is 48.5 Å². The van der Waals surface area contributed by atoms with Crippen LogP contribution in [0.25, 0.3) is 28.3 Å². The number of carbonyl (C=O) groups excluding carboxylic acids is 1. The molecule has 6 aromatic carbocycles. The van der Waals surface area contributed by atoms with Crippen LogP contribution in [0.1, 0.15) is 158 Å². The molecule has 7 rings (SSSR count). The molecule has 0 aliphatic heterocycles. The number of esters is 1. The van der Waals surface area contributed by atoms with Crippen molar-refractivity contribution in [2.45, 2.75) is 117 Å². The molecule has 0 radical (unpaired) electrons. The summed E-state index contributed by atoms with van der Waals surface area (Å²) in [5, 5.41) is 21.2. The summed E-state index contributed by atoms with van der Waals surface area (Å²) in [6.45, 7) is 24.6. The number of aliphatic hydroxyl groups excluding tert-OH is 1. The standard InChI is InChI=1S/C62H66O6/c1-39(2)38-67-57-51(45-24-14-41(4)15-25-45)35-49(37-53(57)60(5,6)7)55(31-21-43-16-26-46(27-17-43)58(64)65)68-59(66)47-28-18-42(19-29-47)20-30-54(63)48-34-50(44-22-12-40(3)13-23-44)56-52(36-48)61(8,9)32-33-62(56,10)11/h12-19,21-29,31,34-37,39,54-55,63H,32-33,38H2,1-11H3,(H,64,65)/b31-21+. The van der Waals surface area contributed by atoms with Gasteiger partial charge in [0.25, 0.3) is 0 Å². The molecule has 0 saturated carbocycles. The number of aliphatic hydroxyl groups is 1. The Morgan fingerprint density at radius 1 is 0.721 bits per heavy atom. The molecule has 0 saturated heterocycles. The molecule has 0 spiro atoms. The van der Waals surface area contributed by atoms with E-state index in [-0.39, 0.29) is 21.8 Å². The lowest BCUT2D eigenvalue weighted by Gasteiger charge is -2.43. The number of hydrogen-bond acceptors (Lipinski definition) is 5. The Morgan fingerprint density at radius 2 is 1.28 bits per heavy atom. The first-order chi connectivity index (χ1) is 32.1. The number of carboxylic acids is 1. The van der Waals surface area contributed by atoms with Crippen LogP contribution in [0.5, 0.6) is 5.75 Å². The third-order valence-corrected chi connectivity index (χ3v) is 13.1. The van der Waals surface area contributed by atoms with Crippen molar-refractivity contribution in [3.8, 4) is 39.8 Å². The minimum absolute atomic E-state index is 0.0261. The molecule has 0 aromatic heterocycles. The smallest absolute Gasteiger partial charge is 0.339 e. The molecule has 350 valence electrons. The molecule has 2 N–H and O–H groups in total. The zero-order chi connectivity index (χ0) is 49.1. The van der Waals surface area contributed by atoms with Gasteiger partial charge in [0, 0.05) is 16.7 Å². The van der Waals surface area contributed by atoms with Crippen molar-refractivity contribution in [1.82, 2.24) is 0 Å². The second-order valence-electron chi connectivity index (χ2n) is 21.3. The maximum atomic E-state index is 14.2. The van der Waals surface area contributed by atoms with Crippen LogP contribution in [0.2, 0.25) is 0 Å². The summed E-state index contributed by atoms with van der Waals surface area (Å²) >= 11 is 0. The number of ether oxygens (including phenoxy) is 2. The van der Waals surface area contributed by atoms with E-state index in [4.69, 9.17) is 9.47 Å². The first kappa shape index (κ1) is 49.2. The van der Waals surface area contributed by atoms with Gasteiger partial charge in [-0.3, -0.25) is 0 Å². The maximum Gasteiger partial charge on any atom is 0.339 e. The lowest BCUT2D eigenvalue weighted by atomic mass is 9.61. The summed E-state index contributed by atoms with van der Waals surface area (Å²) in [6.07, 6.45) is 3.93. The summed E-state index contributed by atoms with van der Waals surface area (Å²) in [5.74, 6) is 5.82. The van der Waals surface area contributed by atoms with Gasteiger partial charge in [0.05, 0.1) is 17.7 Å². The van der Waals surface area contributed by atoms with Crippen LogP contribution in [0.15, 0.2) is 127 Å². The Labute approximate surface area is 404 Å². The molecule has 2 unspecified atom stereocenters. The zero-order valence-electron chi connectivity index (χ0n) is 41.6. The Hall–Kier alpha value is -6.68. The van der Waals surface area contributed by atoms with Crippen molar-refractivity contribution < 1.29 is 29.3 Å². The van der Waals surface area contributed by atoms with Gasteiger partial charge in [0.2, 0.25) is 0 Å². The summed E-state index contributed by atoms with van der Waals surface area (Å²) in [7, 11) is 0. The highest BCUT2D eigenvalue weighted by molar-refractivity contribution is 5.90. The molecule has 2 atom stereocenters. The predicted molar refractivity (Wildman–Crippen MR) is 276 cm³/mol. The van der Waals surface area contributed by atoms with Gasteiger partial charge in [0.15, 0.2) is 0 Å². The number of hydrogen-bond donors (Lipinski definition) is 2. The summed E-state index contributed by atoms with van der Waals surface area (Å²) in [5.41, 5.74) is 13.1. The number of rotatable bonds is 12. The van der Waals surface area contributed by atoms with Crippen LogP contribution in [-0.4, -0.2) is 28.8 Å². The lowest BCUT2D eigenvalue weighted by molar-refractivity contribution is 0.0392. The molecular formula is C62H66O6. The van der Waals surface area contributed by atoms with Gasteiger partial charge in [-0.25, -0.2) is 9.59 Å². The first-order valence-electron chi connectivity index (χ1n) is 23.8. The predicted octanol–water partition coefficient (Wildman–Crippen LogP) is 14.7. The van der Waals surface area contributed by atoms with Crippen LogP contribution in [0.4, 0.5) is 0 Å². The van der Waals surface area contributed by atoms with Gasteiger partial charge in [-0.2, -0.15) is 0 Å². The van der Waals surface area contributed by atoms with Crippen LogP contribution in [0, 0.1) is 31.6 Å². The highest BCUT2D eigenvalue weighted by Crippen LogP contribution is 2.50. The Kier molecular flexibility index (Phi) is 14.4. The Bertz CT molecular complexity index is 2880. The number of aromatic carboxylic acids is 1. The molecule has 0 heterocycles. The highest BCUT2D eigenvalue weighted by Gasteiger charge is 2.39. The average Bonchev–Trinajstić information content (AvgIpc) is 3.30. The maximum absolute atomic E-state index is 14.2. The molecule has 6 aromatic rings. The van der Waals surface area contributed by atoms with Gasteiger partial charge in [-0.15, -0.1) is 0 Å². The second-order valence-corrected chi connectivity index (χ2v) is 21.3. The van der Waals surface area contributed by atoms with Crippen LogP contribution in [0.3, 0.4) is 0 Å². The molecule has 68 heavy (non-hydrogen) atoms. The van der Waals surface area contributed by atoms with E-state index in [2.05, 4.69) is 155 Å². The van der Waals surface area contributed by atoms with Crippen LogP contribution >= 0.6 is 0 Å². The summed E-state index contributed by atoms with van der Waals surface area (Å²) in [4.78, 5) is 25.8. The van der Waals surface area contributed by atoms with E-state index in [0.717, 1.165) is 68.7 Å². The lowest BCUT2D eigenvalue weighted by Crippen LogP contribution is -2.34. The van der Waals surface area contributed by atoms with Crippen LogP contribution in [-0.2, 0) is 21.0 Å². The fourth-order valence-electron chi connectivity index (χ4n) is 8.92. The van der Waals surface area contributed by atoms with E-state index < -0.39 is 24.1 Å². The van der Waals surface area contributed by atoms with Crippen molar-refractivity contribution in [3.63, 3.8) is 0 Å². The largest absolute Gasteiger partial charge is 0.492 e. The number of benzene rings is 6. The topological polar surface area (TPSA) is 93.1 Å². The van der Waals surface area contributed by atoms with Gasteiger partial charge in [-0.1, -0.05) is 158 Å². The van der Waals surface area contributed by atoms with E-state index in [1.807, 2.05) is 18.2 Å². The number of carboxylic acid groups (broad SMARTS) is 1. The zero-order valence-corrected chi connectivity index (χ0v) is 41.6. The van der Waals surface area contributed by atoms with Gasteiger partial charge >= 0.3 is 11.9 Å². The third-order valence-electron chi connectivity index (χ3n) is 13.1. The molecule has 0 fully saturated rings. The summed E-state index contributed by atoms with van der Waals surface area (Å²) in [6, 6.07) is 38.8. The average molecular weight is 907 g/mol. The second kappa shape index (κ2) is 19.9. The molecule has 6 heteroatoms. The fraction of sp³-hybridized carbons (Fsp3) is 0.323. The van der Waals surface area contributed by atoms with E-state index in [9.17, 15) is 19.8 Å². The molecule has 1 aliphatic carbocycles. The Morgan fingerprint density at radius 3 is 1.85 bits per heavy atom. The van der Waals surface area contributed by atoms with Crippen molar-refractivity contribution in [2.24, 2.45) is 5.92 Å². The normalized spacial score (nSPS) is 15.0. The number of fused-ring (bicyclic) bond motifs is 1. The fourth-order valence-corrected chi connectivity index (χ4v) is 8.92. The minimum Gasteiger partial charge on any atom is -0.492 e. The van der Waals surface area contributed by atoms with Crippen LogP contribution < -0.4 is 4.74 Å². The number of carbonyl (C=O) groups is 2.